The van der Waals surface area contributed by atoms with Gasteiger partial charge in [-0.15, -0.1) is 0 Å². The maximum atomic E-state index is 13.9. The van der Waals surface area contributed by atoms with Crippen molar-refractivity contribution in [3.05, 3.63) is 122 Å². The highest BCUT2D eigenvalue weighted by Gasteiger charge is 2.25. The molecule has 0 saturated carbocycles. The lowest BCUT2D eigenvalue weighted by Gasteiger charge is -2.22. The van der Waals surface area contributed by atoms with E-state index in [9.17, 15) is 14.7 Å². The van der Waals surface area contributed by atoms with E-state index in [-0.39, 0.29) is 5.56 Å². The van der Waals surface area contributed by atoms with Crippen LogP contribution < -0.4 is 5.56 Å². The average Bonchev–Trinajstić information content (AvgIpc) is 2.96. The molecule has 0 spiro atoms. The summed E-state index contributed by atoms with van der Waals surface area (Å²) in [5.41, 5.74) is 4.17. The first-order valence-electron chi connectivity index (χ1n) is 13.7. The molecule has 1 heterocycles. The summed E-state index contributed by atoms with van der Waals surface area (Å²) in [5, 5.41) is 10.3. The van der Waals surface area contributed by atoms with Crippen LogP contribution in [-0.2, 0) is 22.5 Å². The Kier molecular flexibility index (Phi) is 9.91. The molecule has 0 fully saturated rings. The third-order valence-electron chi connectivity index (χ3n) is 7.02. The number of ether oxygens (including phenoxy) is 1. The van der Waals surface area contributed by atoms with E-state index >= 15 is 0 Å². The molecule has 40 heavy (non-hydrogen) atoms. The third-order valence-corrected chi connectivity index (χ3v) is 7.35. The largest absolute Gasteiger partial charge is 0.479 e. The summed E-state index contributed by atoms with van der Waals surface area (Å²) in [6.07, 6.45) is 1.78. The van der Waals surface area contributed by atoms with Gasteiger partial charge in [0.15, 0.2) is 6.10 Å². The van der Waals surface area contributed by atoms with Crippen LogP contribution in [0, 0.1) is 6.92 Å². The molecule has 1 N–H and O–H groups in total. The van der Waals surface area contributed by atoms with Gasteiger partial charge in [0.2, 0.25) is 0 Å². The number of carboxylic acids is 1. The predicted octanol–water partition coefficient (Wildman–Crippen LogP) is 7.56. The molecule has 7 heteroatoms. The van der Waals surface area contributed by atoms with Crippen LogP contribution in [0.3, 0.4) is 0 Å². The summed E-state index contributed by atoms with van der Waals surface area (Å²) in [7, 11) is 0. The Morgan fingerprint density at radius 1 is 0.975 bits per heavy atom. The van der Waals surface area contributed by atoms with Crippen molar-refractivity contribution in [3.63, 3.8) is 0 Å². The fourth-order valence-corrected chi connectivity index (χ4v) is 5.11. The van der Waals surface area contributed by atoms with E-state index in [2.05, 4.69) is 6.92 Å². The maximum Gasteiger partial charge on any atom is 0.337 e. The number of rotatable bonds is 12. The van der Waals surface area contributed by atoms with Crippen LogP contribution in [0.15, 0.2) is 83.7 Å². The zero-order chi connectivity index (χ0) is 28.6. The first-order chi connectivity index (χ1) is 19.3. The lowest BCUT2D eigenvalue weighted by atomic mass is 10.0. The second-order valence-electron chi connectivity index (χ2n) is 9.87. The number of benzene rings is 3. The molecule has 2 atom stereocenters. The summed E-state index contributed by atoms with van der Waals surface area (Å²) >= 11 is 6.47. The van der Waals surface area contributed by atoms with E-state index in [1.165, 1.54) is 0 Å². The number of aryl methyl sites for hydroxylation is 2. The number of hydrogen-bond donors (Lipinski definition) is 1. The Labute approximate surface area is 240 Å². The molecule has 0 bridgehead atoms. The average molecular weight is 559 g/mol. The number of nitrogens with zero attached hydrogens (tertiary/aromatic N) is 2. The summed E-state index contributed by atoms with van der Waals surface area (Å²) < 4.78 is 7.84. The van der Waals surface area contributed by atoms with Gasteiger partial charge < -0.3 is 9.84 Å². The van der Waals surface area contributed by atoms with E-state index in [1.54, 1.807) is 34.9 Å². The highest BCUT2D eigenvalue weighted by Crippen LogP contribution is 2.30. The minimum atomic E-state index is -1.06. The van der Waals surface area contributed by atoms with Gasteiger partial charge in [-0.1, -0.05) is 105 Å². The van der Waals surface area contributed by atoms with Gasteiger partial charge in [-0.2, -0.15) is 0 Å². The molecule has 1 aromatic heterocycles. The quantitative estimate of drug-likeness (QED) is 0.194. The molecule has 2 unspecified atom stereocenters. The normalized spacial score (nSPS) is 12.7. The lowest BCUT2D eigenvalue weighted by Crippen LogP contribution is -2.28. The molecule has 208 valence electrons. The minimum absolute atomic E-state index is 0.113. The van der Waals surface area contributed by atoms with Crippen molar-refractivity contribution >= 4 is 17.6 Å². The van der Waals surface area contributed by atoms with Crippen LogP contribution >= 0.6 is 11.6 Å². The third kappa shape index (κ3) is 6.69. The van der Waals surface area contributed by atoms with Gasteiger partial charge in [-0.05, 0) is 42.5 Å². The van der Waals surface area contributed by atoms with E-state index in [0.29, 0.717) is 46.8 Å². The Bertz CT molecular complexity index is 1500. The lowest BCUT2D eigenvalue weighted by molar-refractivity contribution is -0.155. The highest BCUT2D eigenvalue weighted by atomic mass is 35.5. The van der Waals surface area contributed by atoms with Crippen LogP contribution in [0.5, 0.6) is 0 Å². The summed E-state index contributed by atoms with van der Waals surface area (Å²) in [6, 6.07) is 24.1. The van der Waals surface area contributed by atoms with Crippen molar-refractivity contribution in [1.82, 2.24) is 9.55 Å². The van der Waals surface area contributed by atoms with E-state index < -0.39 is 18.2 Å². The number of aromatic nitrogens is 2. The second-order valence-corrected chi connectivity index (χ2v) is 10.3. The summed E-state index contributed by atoms with van der Waals surface area (Å²) in [5.74, 6) is -0.271. The van der Waals surface area contributed by atoms with Gasteiger partial charge >= 0.3 is 5.97 Å². The maximum absolute atomic E-state index is 13.9. The topological polar surface area (TPSA) is 81.4 Å². The highest BCUT2D eigenvalue weighted by molar-refractivity contribution is 6.33. The molecule has 3 aromatic carbocycles. The van der Waals surface area contributed by atoms with E-state index in [4.69, 9.17) is 21.3 Å². The minimum Gasteiger partial charge on any atom is -0.479 e. The van der Waals surface area contributed by atoms with Gasteiger partial charge in [0.1, 0.15) is 5.82 Å². The van der Waals surface area contributed by atoms with Gasteiger partial charge in [-0.25, -0.2) is 9.78 Å². The Morgan fingerprint density at radius 3 is 2.27 bits per heavy atom. The zero-order valence-electron chi connectivity index (χ0n) is 23.1. The molecule has 4 rings (SSSR count). The van der Waals surface area contributed by atoms with Crippen LogP contribution in [0.2, 0.25) is 5.02 Å². The van der Waals surface area contributed by atoms with Crippen molar-refractivity contribution in [2.75, 3.05) is 0 Å². The molecule has 0 aliphatic heterocycles. The zero-order valence-corrected chi connectivity index (χ0v) is 23.9. The van der Waals surface area contributed by atoms with Crippen molar-refractivity contribution in [3.8, 4) is 11.1 Å². The first kappa shape index (κ1) is 29.2. The van der Waals surface area contributed by atoms with E-state index in [1.807, 2.05) is 62.4 Å². The molecule has 0 saturated heterocycles. The van der Waals surface area contributed by atoms with Gasteiger partial charge in [0.25, 0.3) is 5.56 Å². The van der Waals surface area contributed by atoms with Crippen molar-refractivity contribution in [2.45, 2.75) is 65.2 Å². The summed E-state index contributed by atoms with van der Waals surface area (Å²) in [4.78, 5) is 30.7. The molecule has 0 radical (unpaired) electrons. The van der Waals surface area contributed by atoms with Gasteiger partial charge in [0.05, 0.1) is 23.9 Å². The van der Waals surface area contributed by atoms with Crippen molar-refractivity contribution < 1.29 is 14.6 Å². The Morgan fingerprint density at radius 2 is 1.65 bits per heavy atom. The number of halogens is 1. The fraction of sp³-hybridized carbons (Fsp3) is 0.303. The molecule has 0 aliphatic rings. The van der Waals surface area contributed by atoms with Crippen molar-refractivity contribution in [1.29, 1.82) is 0 Å². The molecule has 0 amide bonds. The van der Waals surface area contributed by atoms with Gasteiger partial charge in [-0.3, -0.25) is 9.36 Å². The number of carboxylic acid groups (broad SMARTS) is 1. The predicted molar refractivity (Wildman–Crippen MR) is 159 cm³/mol. The number of carbonyl (C=O) groups is 1. The second kappa shape index (κ2) is 13.6. The monoisotopic (exact) mass is 558 g/mol. The number of unbranched alkanes of at least 4 members (excludes halogenated alkanes) is 1. The van der Waals surface area contributed by atoms with Crippen LogP contribution in [0.25, 0.3) is 11.1 Å². The number of aliphatic carboxylic acids is 1. The van der Waals surface area contributed by atoms with Crippen LogP contribution in [-0.4, -0.2) is 20.6 Å². The Balaban J connectivity index is 1.64. The standard InChI is InChI=1S/C33H35ClN2O4/c1-4-6-16-29-35-22(3)30(26-14-10-11-15-27(26)34)32(37)36(29)21-23-17-19-24(20-18-23)28(5-2)40-31(33(38)39)25-12-8-7-9-13-25/h7-15,17-20,28,31H,4-6,16,21H2,1-3H3,(H,38,39). The van der Waals surface area contributed by atoms with Crippen LogP contribution in [0.4, 0.5) is 0 Å². The molecule has 4 aromatic rings. The van der Waals surface area contributed by atoms with Crippen LogP contribution in [0.1, 0.15) is 73.5 Å². The first-order valence-corrected chi connectivity index (χ1v) is 14.1. The molecular weight excluding hydrogens is 524 g/mol. The molecule has 6 nitrogen and oxygen atoms in total. The van der Waals surface area contributed by atoms with E-state index in [0.717, 1.165) is 29.8 Å². The molecular formula is C33H35ClN2O4. The van der Waals surface area contributed by atoms with Crippen molar-refractivity contribution in [2.24, 2.45) is 0 Å². The van der Waals surface area contributed by atoms with Gasteiger partial charge in [0, 0.05) is 17.0 Å². The Hall–Kier alpha value is -3.74. The smallest absolute Gasteiger partial charge is 0.337 e. The fourth-order valence-electron chi connectivity index (χ4n) is 4.88. The number of hydrogen-bond acceptors (Lipinski definition) is 4. The SMILES string of the molecule is CCCCc1nc(C)c(-c2ccccc2Cl)c(=O)n1Cc1ccc(C(CC)OC(C(=O)O)c2ccccc2)cc1. The molecule has 0 aliphatic carbocycles. The summed E-state index contributed by atoms with van der Waals surface area (Å²) in [6.45, 7) is 6.31.